The number of rotatable bonds is 5. The van der Waals surface area contributed by atoms with Crippen LogP contribution in [0.4, 0.5) is 4.39 Å². The summed E-state index contributed by atoms with van der Waals surface area (Å²) in [5.74, 6) is -0.189. The van der Waals surface area contributed by atoms with Crippen LogP contribution in [-0.2, 0) is 0 Å². The van der Waals surface area contributed by atoms with Crippen LogP contribution in [0.5, 0.6) is 0 Å². The first-order valence-corrected chi connectivity index (χ1v) is 7.66. The molecule has 1 atom stereocenters. The van der Waals surface area contributed by atoms with Crippen molar-refractivity contribution in [3.63, 3.8) is 0 Å². The molecule has 2 rings (SSSR count). The molecule has 3 heteroatoms. The van der Waals surface area contributed by atoms with Gasteiger partial charge in [-0.05, 0) is 60.8 Å². The Morgan fingerprint density at radius 2 is 1.85 bits per heavy atom. The molecule has 0 radical (unpaired) electrons. The number of halogens is 2. The topological polar surface area (TPSA) is 12.0 Å². The van der Waals surface area contributed by atoms with Crippen molar-refractivity contribution in [2.45, 2.75) is 26.3 Å². The van der Waals surface area contributed by atoms with Gasteiger partial charge in [0.25, 0.3) is 0 Å². The van der Waals surface area contributed by atoms with Gasteiger partial charge in [-0.3, -0.25) is 0 Å². The summed E-state index contributed by atoms with van der Waals surface area (Å²) in [5.41, 5.74) is 3.25. The predicted molar refractivity (Wildman–Crippen MR) is 85.4 cm³/mol. The smallest absolute Gasteiger partial charge is 0.123 e. The molecule has 0 aromatic heterocycles. The highest BCUT2D eigenvalue weighted by molar-refractivity contribution is 9.10. The standard InChI is InChI=1S/C17H19BrFN/c1-3-10-20-17(13-5-7-14(18)8-6-13)16-11-15(19)9-4-12(16)2/h4-9,11,17,20H,3,10H2,1-2H3. The zero-order valence-electron chi connectivity index (χ0n) is 11.8. The van der Waals surface area contributed by atoms with Gasteiger partial charge < -0.3 is 5.32 Å². The summed E-state index contributed by atoms with van der Waals surface area (Å²) in [6.07, 6.45) is 1.04. The van der Waals surface area contributed by atoms with E-state index in [1.54, 1.807) is 6.07 Å². The predicted octanol–water partition coefficient (Wildman–Crippen LogP) is 4.99. The van der Waals surface area contributed by atoms with Gasteiger partial charge in [-0.1, -0.05) is 41.1 Å². The van der Waals surface area contributed by atoms with Crippen LogP contribution in [0.2, 0.25) is 0 Å². The Balaban J connectivity index is 2.41. The number of nitrogens with one attached hydrogen (secondary N) is 1. The molecule has 1 unspecified atom stereocenters. The molecule has 106 valence electrons. The number of hydrogen-bond acceptors (Lipinski definition) is 1. The molecule has 1 nitrogen and oxygen atoms in total. The Morgan fingerprint density at radius 3 is 2.50 bits per heavy atom. The zero-order valence-corrected chi connectivity index (χ0v) is 13.4. The largest absolute Gasteiger partial charge is 0.306 e. The van der Waals surface area contributed by atoms with Crippen molar-refractivity contribution in [3.8, 4) is 0 Å². The van der Waals surface area contributed by atoms with Gasteiger partial charge in [-0.15, -0.1) is 0 Å². The summed E-state index contributed by atoms with van der Waals surface area (Å²) in [6, 6.07) is 13.2. The minimum absolute atomic E-state index is 0.0266. The fourth-order valence-corrected chi connectivity index (χ4v) is 2.54. The average Bonchev–Trinajstić information content (AvgIpc) is 2.44. The highest BCUT2D eigenvalue weighted by Gasteiger charge is 2.16. The Bertz CT molecular complexity index is 566. The van der Waals surface area contributed by atoms with Gasteiger partial charge in [0.05, 0.1) is 6.04 Å². The second-order valence-electron chi connectivity index (χ2n) is 4.94. The van der Waals surface area contributed by atoms with Gasteiger partial charge in [-0.2, -0.15) is 0 Å². The lowest BCUT2D eigenvalue weighted by Gasteiger charge is -2.21. The molecule has 0 saturated heterocycles. The minimum Gasteiger partial charge on any atom is -0.306 e. The Kier molecular flexibility index (Phi) is 5.32. The van der Waals surface area contributed by atoms with Crippen LogP contribution in [0.15, 0.2) is 46.9 Å². The Labute approximate surface area is 128 Å². The fraction of sp³-hybridized carbons (Fsp3) is 0.294. The van der Waals surface area contributed by atoms with E-state index >= 15 is 0 Å². The highest BCUT2D eigenvalue weighted by atomic mass is 79.9. The third-order valence-corrected chi connectivity index (χ3v) is 3.88. The second kappa shape index (κ2) is 7.00. The van der Waals surface area contributed by atoms with E-state index in [9.17, 15) is 4.39 Å². The summed E-state index contributed by atoms with van der Waals surface area (Å²) in [5, 5.41) is 3.51. The molecule has 0 aliphatic carbocycles. The summed E-state index contributed by atoms with van der Waals surface area (Å²) in [7, 11) is 0. The first kappa shape index (κ1) is 15.2. The SMILES string of the molecule is CCCNC(c1ccc(Br)cc1)c1cc(F)ccc1C. The van der Waals surface area contributed by atoms with Gasteiger partial charge in [0.15, 0.2) is 0 Å². The van der Waals surface area contributed by atoms with Crippen LogP contribution in [0, 0.1) is 12.7 Å². The van der Waals surface area contributed by atoms with Crippen LogP contribution in [0.3, 0.4) is 0 Å². The molecule has 0 spiro atoms. The Morgan fingerprint density at radius 1 is 1.15 bits per heavy atom. The molecule has 0 bridgehead atoms. The van der Waals surface area contributed by atoms with Gasteiger partial charge in [0.2, 0.25) is 0 Å². The first-order chi connectivity index (χ1) is 9.61. The summed E-state index contributed by atoms with van der Waals surface area (Å²) in [6.45, 7) is 5.05. The van der Waals surface area contributed by atoms with Crippen LogP contribution < -0.4 is 5.32 Å². The lowest BCUT2D eigenvalue weighted by Crippen LogP contribution is -2.24. The molecule has 0 amide bonds. The normalized spacial score (nSPS) is 12.4. The second-order valence-corrected chi connectivity index (χ2v) is 5.86. The number of aryl methyl sites for hydroxylation is 1. The van der Waals surface area contributed by atoms with Crippen molar-refractivity contribution >= 4 is 15.9 Å². The monoisotopic (exact) mass is 335 g/mol. The lowest BCUT2D eigenvalue weighted by atomic mass is 9.95. The van der Waals surface area contributed by atoms with E-state index in [2.05, 4.69) is 40.3 Å². The van der Waals surface area contributed by atoms with E-state index in [4.69, 9.17) is 0 Å². The maximum absolute atomic E-state index is 13.6. The van der Waals surface area contributed by atoms with Crippen molar-refractivity contribution in [2.24, 2.45) is 0 Å². The van der Waals surface area contributed by atoms with Crippen LogP contribution in [0.1, 0.15) is 36.1 Å². The molecular weight excluding hydrogens is 317 g/mol. The molecule has 0 aliphatic heterocycles. The van der Waals surface area contributed by atoms with E-state index in [-0.39, 0.29) is 11.9 Å². The zero-order chi connectivity index (χ0) is 14.5. The van der Waals surface area contributed by atoms with E-state index in [0.29, 0.717) is 0 Å². The third-order valence-electron chi connectivity index (χ3n) is 3.35. The van der Waals surface area contributed by atoms with Crippen molar-refractivity contribution in [2.75, 3.05) is 6.54 Å². The molecule has 0 saturated carbocycles. The number of hydrogen-bond donors (Lipinski definition) is 1. The summed E-state index contributed by atoms with van der Waals surface area (Å²) in [4.78, 5) is 0. The molecule has 1 N–H and O–H groups in total. The summed E-state index contributed by atoms with van der Waals surface area (Å²) < 4.78 is 14.6. The van der Waals surface area contributed by atoms with E-state index < -0.39 is 0 Å². The van der Waals surface area contributed by atoms with Crippen molar-refractivity contribution in [1.29, 1.82) is 0 Å². The molecular formula is C17H19BrFN. The molecule has 2 aromatic carbocycles. The van der Waals surface area contributed by atoms with Crippen LogP contribution >= 0.6 is 15.9 Å². The third kappa shape index (κ3) is 3.68. The van der Waals surface area contributed by atoms with E-state index in [1.165, 1.54) is 6.07 Å². The minimum atomic E-state index is -0.189. The maximum Gasteiger partial charge on any atom is 0.123 e. The molecule has 0 heterocycles. The summed E-state index contributed by atoms with van der Waals surface area (Å²) >= 11 is 3.45. The van der Waals surface area contributed by atoms with Crippen LogP contribution in [-0.4, -0.2) is 6.54 Å². The van der Waals surface area contributed by atoms with E-state index in [1.807, 2.05) is 25.1 Å². The van der Waals surface area contributed by atoms with E-state index in [0.717, 1.165) is 34.1 Å². The van der Waals surface area contributed by atoms with Crippen molar-refractivity contribution in [1.82, 2.24) is 5.32 Å². The van der Waals surface area contributed by atoms with Gasteiger partial charge >= 0.3 is 0 Å². The lowest BCUT2D eigenvalue weighted by molar-refractivity contribution is 0.583. The van der Waals surface area contributed by atoms with Crippen LogP contribution in [0.25, 0.3) is 0 Å². The van der Waals surface area contributed by atoms with Crippen molar-refractivity contribution in [3.05, 3.63) is 69.4 Å². The fourth-order valence-electron chi connectivity index (χ4n) is 2.27. The van der Waals surface area contributed by atoms with Gasteiger partial charge in [-0.25, -0.2) is 4.39 Å². The molecule has 0 fully saturated rings. The highest BCUT2D eigenvalue weighted by Crippen LogP contribution is 2.26. The average molecular weight is 336 g/mol. The molecule has 0 aliphatic rings. The van der Waals surface area contributed by atoms with Gasteiger partial charge in [0.1, 0.15) is 5.82 Å². The van der Waals surface area contributed by atoms with Gasteiger partial charge in [0, 0.05) is 4.47 Å². The quantitative estimate of drug-likeness (QED) is 0.811. The molecule has 20 heavy (non-hydrogen) atoms. The van der Waals surface area contributed by atoms with Crippen molar-refractivity contribution < 1.29 is 4.39 Å². The maximum atomic E-state index is 13.6. The molecule has 2 aromatic rings. The Hall–Kier alpha value is -1.19. The first-order valence-electron chi connectivity index (χ1n) is 6.86. The number of benzene rings is 2.